The Kier molecular flexibility index (Phi) is 6.63. The van der Waals surface area contributed by atoms with Gasteiger partial charge in [0, 0.05) is 64.0 Å². The molecule has 27 heavy (non-hydrogen) atoms. The lowest BCUT2D eigenvalue weighted by Gasteiger charge is -2.32. The highest BCUT2D eigenvalue weighted by Crippen LogP contribution is 2.28. The van der Waals surface area contributed by atoms with Gasteiger partial charge < -0.3 is 15.1 Å². The van der Waals surface area contributed by atoms with Crippen LogP contribution in [0.2, 0.25) is 5.02 Å². The van der Waals surface area contributed by atoms with Crippen LogP contribution >= 0.6 is 24.0 Å². The number of amides is 2. The number of benzene rings is 1. The van der Waals surface area contributed by atoms with Crippen LogP contribution in [0.3, 0.4) is 0 Å². The van der Waals surface area contributed by atoms with Crippen molar-refractivity contribution in [1.82, 2.24) is 15.1 Å². The van der Waals surface area contributed by atoms with Gasteiger partial charge in [-0.15, -0.1) is 12.4 Å². The summed E-state index contributed by atoms with van der Waals surface area (Å²) in [6.45, 7) is 6.34. The molecule has 1 aromatic rings. The van der Waals surface area contributed by atoms with Crippen molar-refractivity contribution in [3.63, 3.8) is 0 Å². The van der Waals surface area contributed by atoms with Crippen LogP contribution in [0.4, 0.5) is 5.69 Å². The zero-order valence-electron chi connectivity index (χ0n) is 15.3. The van der Waals surface area contributed by atoms with E-state index in [2.05, 4.69) is 10.2 Å². The van der Waals surface area contributed by atoms with E-state index in [9.17, 15) is 9.59 Å². The van der Waals surface area contributed by atoms with E-state index in [0.29, 0.717) is 29.6 Å². The van der Waals surface area contributed by atoms with Gasteiger partial charge in [-0.2, -0.15) is 0 Å². The van der Waals surface area contributed by atoms with Gasteiger partial charge >= 0.3 is 0 Å². The van der Waals surface area contributed by atoms with Crippen molar-refractivity contribution in [1.29, 1.82) is 0 Å². The van der Waals surface area contributed by atoms with Gasteiger partial charge in [0.05, 0.1) is 10.6 Å². The second kappa shape index (κ2) is 8.78. The first-order valence-corrected chi connectivity index (χ1v) is 9.85. The predicted molar refractivity (Wildman–Crippen MR) is 109 cm³/mol. The number of anilines is 1. The third-order valence-corrected chi connectivity index (χ3v) is 6.01. The number of carbonyl (C=O) groups is 2. The minimum absolute atomic E-state index is 0. The van der Waals surface area contributed by atoms with Gasteiger partial charge in [-0.3, -0.25) is 14.5 Å². The quantitative estimate of drug-likeness (QED) is 0.824. The predicted octanol–water partition coefficient (Wildman–Crippen LogP) is 2.01. The van der Waals surface area contributed by atoms with Gasteiger partial charge in [0.1, 0.15) is 0 Å². The van der Waals surface area contributed by atoms with E-state index in [0.717, 1.165) is 57.8 Å². The molecule has 8 heteroatoms. The molecule has 0 spiro atoms. The number of nitrogens with one attached hydrogen (secondary N) is 1. The van der Waals surface area contributed by atoms with Gasteiger partial charge in [-0.25, -0.2) is 0 Å². The summed E-state index contributed by atoms with van der Waals surface area (Å²) < 4.78 is 0. The van der Waals surface area contributed by atoms with E-state index < -0.39 is 0 Å². The molecule has 1 aromatic carbocycles. The topological polar surface area (TPSA) is 55.9 Å². The lowest BCUT2D eigenvalue weighted by molar-refractivity contribution is -0.117. The molecule has 3 aliphatic heterocycles. The fourth-order valence-electron chi connectivity index (χ4n) is 4.21. The minimum Gasteiger partial charge on any atom is -0.337 e. The monoisotopic (exact) mass is 412 g/mol. The first-order valence-electron chi connectivity index (χ1n) is 9.47. The van der Waals surface area contributed by atoms with Crippen molar-refractivity contribution in [3.8, 4) is 0 Å². The summed E-state index contributed by atoms with van der Waals surface area (Å²) in [5.74, 6) is 0.0896. The van der Waals surface area contributed by atoms with Crippen LogP contribution in [0.15, 0.2) is 18.2 Å². The van der Waals surface area contributed by atoms with Gasteiger partial charge in [0.15, 0.2) is 0 Å². The Morgan fingerprint density at radius 3 is 2.63 bits per heavy atom. The molecule has 0 saturated carbocycles. The Balaban J connectivity index is 0.00000210. The van der Waals surface area contributed by atoms with Crippen LogP contribution in [0.25, 0.3) is 0 Å². The van der Waals surface area contributed by atoms with Gasteiger partial charge in [0.25, 0.3) is 5.91 Å². The highest BCUT2D eigenvalue weighted by molar-refractivity contribution is 6.34. The van der Waals surface area contributed by atoms with Gasteiger partial charge in [0.2, 0.25) is 5.91 Å². The Hall–Kier alpha value is -1.34. The number of carbonyl (C=O) groups excluding carboxylic acids is 2. The van der Waals surface area contributed by atoms with Crippen molar-refractivity contribution >= 4 is 41.5 Å². The number of halogens is 2. The van der Waals surface area contributed by atoms with Crippen LogP contribution in [0, 0.1) is 0 Å². The van der Waals surface area contributed by atoms with Gasteiger partial charge in [-0.1, -0.05) is 11.6 Å². The van der Waals surface area contributed by atoms with Crippen molar-refractivity contribution in [2.45, 2.75) is 25.3 Å². The van der Waals surface area contributed by atoms with E-state index >= 15 is 0 Å². The Morgan fingerprint density at radius 2 is 1.93 bits per heavy atom. The summed E-state index contributed by atoms with van der Waals surface area (Å²) >= 11 is 6.33. The molecule has 3 aliphatic rings. The molecule has 3 heterocycles. The van der Waals surface area contributed by atoms with E-state index in [1.807, 2.05) is 11.0 Å². The van der Waals surface area contributed by atoms with Crippen molar-refractivity contribution in [2.75, 3.05) is 50.7 Å². The molecule has 1 N–H and O–H groups in total. The molecule has 0 bridgehead atoms. The second-order valence-corrected chi connectivity index (χ2v) is 7.70. The SMILES string of the molecule is Cl.O=C(c1cc(N2CCCC2=O)ccc1Cl)N1CCC(N2CCNCC2)C1. The third-order valence-electron chi connectivity index (χ3n) is 5.68. The highest BCUT2D eigenvalue weighted by atomic mass is 35.5. The highest BCUT2D eigenvalue weighted by Gasteiger charge is 2.32. The van der Waals surface area contributed by atoms with E-state index in [1.54, 1.807) is 17.0 Å². The maximum Gasteiger partial charge on any atom is 0.255 e. The van der Waals surface area contributed by atoms with Crippen molar-refractivity contribution in [2.24, 2.45) is 0 Å². The number of hydrogen-bond acceptors (Lipinski definition) is 4. The molecular weight excluding hydrogens is 387 g/mol. The minimum atomic E-state index is -0.0267. The van der Waals surface area contributed by atoms with Crippen LogP contribution in [0.1, 0.15) is 29.6 Å². The Labute approximate surface area is 171 Å². The molecule has 1 unspecified atom stereocenters. The molecule has 1 atom stereocenters. The zero-order chi connectivity index (χ0) is 18.1. The molecule has 148 valence electrons. The molecule has 2 amide bonds. The second-order valence-electron chi connectivity index (χ2n) is 7.29. The molecule has 0 aromatic heterocycles. The van der Waals surface area contributed by atoms with E-state index in [-0.39, 0.29) is 24.2 Å². The molecule has 0 radical (unpaired) electrons. The van der Waals surface area contributed by atoms with Crippen molar-refractivity contribution < 1.29 is 9.59 Å². The summed E-state index contributed by atoms with van der Waals surface area (Å²) in [6, 6.07) is 5.78. The summed E-state index contributed by atoms with van der Waals surface area (Å²) in [7, 11) is 0. The smallest absolute Gasteiger partial charge is 0.255 e. The van der Waals surface area contributed by atoms with Crippen LogP contribution in [0.5, 0.6) is 0 Å². The summed E-state index contributed by atoms with van der Waals surface area (Å²) in [6.07, 6.45) is 2.45. The standard InChI is InChI=1S/C19H25ClN4O2.ClH/c20-17-4-3-14(24-8-1-2-18(24)25)12-16(17)19(26)23-9-5-15(13-23)22-10-6-21-7-11-22;/h3-4,12,15,21H,1-2,5-11,13H2;1H. The number of likely N-dealkylation sites (tertiary alicyclic amines) is 1. The maximum absolute atomic E-state index is 13.1. The third kappa shape index (κ3) is 4.24. The molecule has 0 aliphatic carbocycles. The lowest BCUT2D eigenvalue weighted by Crippen LogP contribution is -2.49. The molecule has 3 saturated heterocycles. The largest absolute Gasteiger partial charge is 0.337 e. The molecular formula is C19H26Cl2N4O2. The molecule has 6 nitrogen and oxygen atoms in total. The number of nitrogens with zero attached hydrogens (tertiary/aromatic N) is 3. The Bertz CT molecular complexity index is 709. The lowest BCUT2D eigenvalue weighted by atomic mass is 10.1. The summed E-state index contributed by atoms with van der Waals surface area (Å²) in [4.78, 5) is 31.2. The number of hydrogen-bond donors (Lipinski definition) is 1. The maximum atomic E-state index is 13.1. The normalized spacial score (nSPS) is 23.6. The van der Waals surface area contributed by atoms with Crippen molar-refractivity contribution in [3.05, 3.63) is 28.8 Å². The number of piperazine rings is 1. The summed E-state index contributed by atoms with van der Waals surface area (Å²) in [5, 5.41) is 3.82. The van der Waals surface area contributed by atoms with Crippen LogP contribution in [-0.2, 0) is 4.79 Å². The fourth-order valence-corrected chi connectivity index (χ4v) is 4.41. The fraction of sp³-hybridized carbons (Fsp3) is 0.579. The number of rotatable bonds is 3. The van der Waals surface area contributed by atoms with Crippen LogP contribution < -0.4 is 10.2 Å². The Morgan fingerprint density at radius 1 is 1.15 bits per heavy atom. The summed E-state index contributed by atoms with van der Waals surface area (Å²) in [5.41, 5.74) is 1.28. The first-order chi connectivity index (χ1) is 12.6. The van der Waals surface area contributed by atoms with Gasteiger partial charge in [-0.05, 0) is 31.0 Å². The zero-order valence-corrected chi connectivity index (χ0v) is 16.9. The van der Waals surface area contributed by atoms with Crippen LogP contribution in [-0.4, -0.2) is 73.5 Å². The van der Waals surface area contributed by atoms with E-state index in [4.69, 9.17) is 11.6 Å². The average molecular weight is 413 g/mol. The molecule has 4 rings (SSSR count). The van der Waals surface area contributed by atoms with E-state index in [1.165, 1.54) is 0 Å². The average Bonchev–Trinajstić information content (AvgIpc) is 3.32. The molecule has 3 fully saturated rings. The first kappa shape index (κ1) is 20.4.